The summed E-state index contributed by atoms with van der Waals surface area (Å²) in [6, 6.07) is 9.71. The van der Waals surface area contributed by atoms with Crippen molar-refractivity contribution in [2.24, 2.45) is 0 Å². The molecule has 93 valence electrons. The fourth-order valence-electron chi connectivity index (χ4n) is 2.33. The Morgan fingerprint density at radius 3 is 2.53 bits per heavy atom. The molecule has 0 heterocycles. The van der Waals surface area contributed by atoms with E-state index in [2.05, 4.69) is 6.07 Å². The Morgan fingerprint density at radius 2 is 1.94 bits per heavy atom. The summed E-state index contributed by atoms with van der Waals surface area (Å²) < 4.78 is 26.2. The van der Waals surface area contributed by atoms with Gasteiger partial charge in [-0.25, -0.2) is 8.42 Å². The largest absolute Gasteiger partial charge is 0.243 e. The summed E-state index contributed by atoms with van der Waals surface area (Å²) in [4.78, 5) is 0.271. The van der Waals surface area contributed by atoms with Crippen molar-refractivity contribution in [1.82, 2.24) is 4.31 Å². The molecule has 0 atom stereocenters. The van der Waals surface area contributed by atoms with Crippen LogP contribution in [0.1, 0.15) is 32.1 Å². The summed E-state index contributed by atoms with van der Waals surface area (Å²) in [7, 11) is -1.67. The molecule has 0 aliphatic heterocycles. The predicted molar refractivity (Wildman–Crippen MR) is 67.1 cm³/mol. The number of sulfonamides is 1. The van der Waals surface area contributed by atoms with E-state index in [-0.39, 0.29) is 10.9 Å². The minimum Gasteiger partial charge on any atom is -0.207 e. The molecule has 1 fully saturated rings. The molecule has 4 heteroatoms. The third-order valence-corrected chi connectivity index (χ3v) is 5.29. The highest BCUT2D eigenvalue weighted by Gasteiger charge is 2.28. The molecule has 3 nitrogen and oxygen atoms in total. The first-order chi connectivity index (χ1) is 8.12. The topological polar surface area (TPSA) is 37.4 Å². The SMILES string of the molecule is CN(C1CCCCC1)S(=O)(=O)c1[c]cccc1. The van der Waals surface area contributed by atoms with Crippen molar-refractivity contribution in [1.29, 1.82) is 0 Å². The Morgan fingerprint density at radius 1 is 1.24 bits per heavy atom. The van der Waals surface area contributed by atoms with Gasteiger partial charge in [0.15, 0.2) is 0 Å². The van der Waals surface area contributed by atoms with E-state index >= 15 is 0 Å². The molecule has 0 N–H and O–H groups in total. The fraction of sp³-hybridized carbons (Fsp3) is 0.538. The Kier molecular flexibility index (Phi) is 3.84. The molecule has 0 amide bonds. The van der Waals surface area contributed by atoms with Crippen LogP contribution in [0.25, 0.3) is 0 Å². The van der Waals surface area contributed by atoms with Crippen LogP contribution in [0.4, 0.5) is 0 Å². The summed E-state index contributed by atoms with van der Waals surface area (Å²) >= 11 is 0. The van der Waals surface area contributed by atoms with Gasteiger partial charge in [0.2, 0.25) is 10.0 Å². The fourth-order valence-corrected chi connectivity index (χ4v) is 3.71. The van der Waals surface area contributed by atoms with Crippen molar-refractivity contribution < 1.29 is 8.42 Å². The van der Waals surface area contributed by atoms with E-state index in [1.165, 1.54) is 10.7 Å². The smallest absolute Gasteiger partial charge is 0.207 e. The summed E-state index contributed by atoms with van der Waals surface area (Å²) in [5.74, 6) is 0. The Hall–Kier alpha value is -0.870. The molecule has 0 saturated heterocycles. The van der Waals surface area contributed by atoms with Crippen LogP contribution in [0.15, 0.2) is 29.2 Å². The third kappa shape index (κ3) is 2.69. The van der Waals surface area contributed by atoms with Gasteiger partial charge >= 0.3 is 0 Å². The summed E-state index contributed by atoms with van der Waals surface area (Å²) in [6.45, 7) is 0. The lowest BCUT2D eigenvalue weighted by Crippen LogP contribution is -2.38. The second-order valence-corrected chi connectivity index (χ2v) is 6.51. The maximum absolute atomic E-state index is 12.3. The first kappa shape index (κ1) is 12.6. The highest BCUT2D eigenvalue weighted by Crippen LogP contribution is 2.25. The van der Waals surface area contributed by atoms with E-state index in [1.807, 2.05) is 0 Å². The molecule has 1 aliphatic carbocycles. The van der Waals surface area contributed by atoms with Crippen LogP contribution in [0.3, 0.4) is 0 Å². The van der Waals surface area contributed by atoms with E-state index in [9.17, 15) is 8.42 Å². The van der Waals surface area contributed by atoms with Crippen LogP contribution in [0.2, 0.25) is 0 Å². The molecular formula is C13H18NO2S. The zero-order chi connectivity index (χ0) is 12.3. The highest BCUT2D eigenvalue weighted by molar-refractivity contribution is 7.89. The van der Waals surface area contributed by atoms with E-state index < -0.39 is 10.0 Å². The first-order valence-electron chi connectivity index (χ1n) is 6.07. The Labute approximate surface area is 104 Å². The first-order valence-corrected chi connectivity index (χ1v) is 7.51. The molecule has 17 heavy (non-hydrogen) atoms. The number of hydrogen-bond donors (Lipinski definition) is 0. The zero-order valence-electron chi connectivity index (χ0n) is 10.1. The van der Waals surface area contributed by atoms with Crippen molar-refractivity contribution >= 4 is 10.0 Å². The quantitative estimate of drug-likeness (QED) is 0.828. The second-order valence-electron chi connectivity index (χ2n) is 4.54. The lowest BCUT2D eigenvalue weighted by molar-refractivity contribution is 0.286. The van der Waals surface area contributed by atoms with E-state index in [1.54, 1.807) is 31.3 Å². The average molecular weight is 252 g/mol. The normalized spacial score (nSPS) is 18.5. The number of rotatable bonds is 3. The molecule has 1 aromatic carbocycles. The standard InChI is InChI=1S/C13H18NO2S/c1-14(12-8-4-2-5-9-12)17(15,16)13-10-6-3-7-11-13/h3,6-7,10,12H,2,4-5,8-9H2,1H3. The van der Waals surface area contributed by atoms with Crippen LogP contribution in [-0.2, 0) is 10.0 Å². The van der Waals surface area contributed by atoms with Crippen molar-refractivity contribution in [3.63, 3.8) is 0 Å². The van der Waals surface area contributed by atoms with Crippen LogP contribution in [-0.4, -0.2) is 25.8 Å². The minimum absolute atomic E-state index is 0.155. The van der Waals surface area contributed by atoms with Gasteiger partial charge in [0.1, 0.15) is 0 Å². The van der Waals surface area contributed by atoms with Gasteiger partial charge in [-0.15, -0.1) is 0 Å². The maximum atomic E-state index is 12.3. The third-order valence-electron chi connectivity index (χ3n) is 3.43. The van der Waals surface area contributed by atoms with Crippen LogP contribution in [0.5, 0.6) is 0 Å². The highest BCUT2D eigenvalue weighted by atomic mass is 32.2. The van der Waals surface area contributed by atoms with Crippen molar-refractivity contribution in [2.75, 3.05) is 7.05 Å². The molecule has 0 bridgehead atoms. The summed E-state index contributed by atoms with van der Waals surface area (Å²) in [6.07, 6.45) is 5.43. The molecule has 0 aromatic heterocycles. The van der Waals surface area contributed by atoms with E-state index in [0.717, 1.165) is 25.7 Å². The molecule has 0 spiro atoms. The maximum Gasteiger partial charge on any atom is 0.243 e. The number of benzene rings is 1. The van der Waals surface area contributed by atoms with Gasteiger partial charge in [0.05, 0.1) is 4.90 Å². The van der Waals surface area contributed by atoms with Crippen molar-refractivity contribution in [3.8, 4) is 0 Å². The van der Waals surface area contributed by atoms with Gasteiger partial charge in [0, 0.05) is 19.2 Å². The molecular weight excluding hydrogens is 234 g/mol. The Balaban J connectivity index is 2.20. The monoisotopic (exact) mass is 252 g/mol. The van der Waals surface area contributed by atoms with Gasteiger partial charge in [-0.3, -0.25) is 0 Å². The lowest BCUT2D eigenvalue weighted by atomic mass is 9.96. The van der Waals surface area contributed by atoms with Crippen LogP contribution in [0, 0.1) is 6.07 Å². The number of hydrogen-bond acceptors (Lipinski definition) is 2. The van der Waals surface area contributed by atoms with Gasteiger partial charge in [-0.2, -0.15) is 4.31 Å². The predicted octanol–water partition coefficient (Wildman–Crippen LogP) is 2.44. The van der Waals surface area contributed by atoms with Gasteiger partial charge in [-0.1, -0.05) is 37.5 Å². The molecule has 1 saturated carbocycles. The number of nitrogens with zero attached hydrogens (tertiary/aromatic N) is 1. The van der Waals surface area contributed by atoms with Crippen LogP contribution < -0.4 is 0 Å². The molecule has 0 unspecified atom stereocenters. The molecule has 2 rings (SSSR count). The Bertz CT molecular complexity index is 450. The van der Waals surface area contributed by atoms with E-state index in [4.69, 9.17) is 0 Å². The molecule has 1 aliphatic rings. The second kappa shape index (κ2) is 5.19. The molecule has 1 radical (unpaired) electrons. The van der Waals surface area contributed by atoms with Gasteiger partial charge in [-0.05, 0) is 18.9 Å². The van der Waals surface area contributed by atoms with Crippen LogP contribution >= 0.6 is 0 Å². The summed E-state index contributed by atoms with van der Waals surface area (Å²) in [5.41, 5.74) is 0. The minimum atomic E-state index is -3.36. The lowest BCUT2D eigenvalue weighted by Gasteiger charge is -2.30. The summed E-state index contributed by atoms with van der Waals surface area (Å²) in [5, 5.41) is 0. The van der Waals surface area contributed by atoms with Gasteiger partial charge in [0.25, 0.3) is 0 Å². The zero-order valence-corrected chi connectivity index (χ0v) is 10.9. The van der Waals surface area contributed by atoms with Crippen molar-refractivity contribution in [2.45, 2.75) is 43.0 Å². The van der Waals surface area contributed by atoms with E-state index in [0.29, 0.717) is 0 Å². The average Bonchev–Trinajstić information content (AvgIpc) is 2.40. The molecule has 1 aromatic rings. The van der Waals surface area contributed by atoms with Gasteiger partial charge < -0.3 is 0 Å². The van der Waals surface area contributed by atoms with Crippen molar-refractivity contribution in [3.05, 3.63) is 30.3 Å².